The van der Waals surface area contributed by atoms with E-state index < -0.39 is 12.1 Å². The number of amides is 2. The second kappa shape index (κ2) is 12.0. The van der Waals surface area contributed by atoms with Crippen LogP contribution in [0.1, 0.15) is 27.7 Å². The normalized spacial score (nSPS) is 13.5. The third-order valence-electron chi connectivity index (χ3n) is 3.36. The molecule has 6 nitrogen and oxygen atoms in total. The molecule has 0 aliphatic heterocycles. The molecule has 0 bridgehead atoms. The third-order valence-corrected chi connectivity index (χ3v) is 5.84. The lowest BCUT2D eigenvalue weighted by Gasteiger charge is -2.23. The summed E-state index contributed by atoms with van der Waals surface area (Å²) < 4.78 is 0. The van der Waals surface area contributed by atoms with Gasteiger partial charge in [-0.3, -0.25) is 9.59 Å². The van der Waals surface area contributed by atoms with Crippen LogP contribution in [-0.2, 0) is 9.59 Å². The minimum Gasteiger partial charge on any atom is -0.342 e. The molecule has 0 heterocycles. The van der Waals surface area contributed by atoms with Crippen LogP contribution in [0.4, 0.5) is 0 Å². The van der Waals surface area contributed by atoms with E-state index in [-0.39, 0.29) is 11.8 Å². The van der Waals surface area contributed by atoms with E-state index in [1.54, 1.807) is 9.80 Å². The SMILES string of the molecule is CCN(CC)C(=O)[C@@H](N)CSSC[C@H](N)C(=O)N(CC)CC. The van der Waals surface area contributed by atoms with Crippen LogP contribution in [0.3, 0.4) is 0 Å². The fourth-order valence-corrected chi connectivity index (χ4v) is 4.15. The summed E-state index contributed by atoms with van der Waals surface area (Å²) in [6.07, 6.45) is 0. The maximum atomic E-state index is 12.0. The van der Waals surface area contributed by atoms with E-state index in [4.69, 9.17) is 11.5 Å². The molecule has 8 heteroatoms. The van der Waals surface area contributed by atoms with Crippen LogP contribution >= 0.6 is 21.6 Å². The van der Waals surface area contributed by atoms with Crippen LogP contribution in [0, 0.1) is 0 Å². The third kappa shape index (κ3) is 7.21. The summed E-state index contributed by atoms with van der Waals surface area (Å²) in [4.78, 5) is 27.5. The van der Waals surface area contributed by atoms with Crippen LogP contribution < -0.4 is 11.5 Å². The number of nitrogens with two attached hydrogens (primary N) is 2. The van der Waals surface area contributed by atoms with Gasteiger partial charge in [-0.2, -0.15) is 0 Å². The molecule has 0 aromatic rings. The van der Waals surface area contributed by atoms with Gasteiger partial charge >= 0.3 is 0 Å². The van der Waals surface area contributed by atoms with Crippen LogP contribution in [0.5, 0.6) is 0 Å². The number of carbonyl (C=O) groups excluding carboxylic acids is 2. The van der Waals surface area contributed by atoms with Crippen molar-refractivity contribution in [2.45, 2.75) is 39.8 Å². The number of rotatable bonds is 11. The van der Waals surface area contributed by atoms with Gasteiger partial charge in [-0.25, -0.2) is 0 Å². The Labute approximate surface area is 142 Å². The largest absolute Gasteiger partial charge is 0.342 e. The van der Waals surface area contributed by atoms with E-state index in [9.17, 15) is 9.59 Å². The minimum atomic E-state index is -0.507. The van der Waals surface area contributed by atoms with Crippen LogP contribution in [0.25, 0.3) is 0 Å². The summed E-state index contributed by atoms with van der Waals surface area (Å²) in [6.45, 7) is 10.4. The van der Waals surface area contributed by atoms with Gasteiger partial charge in [0.15, 0.2) is 0 Å². The highest BCUT2D eigenvalue weighted by molar-refractivity contribution is 8.76. The highest BCUT2D eigenvalue weighted by Gasteiger charge is 2.21. The summed E-state index contributed by atoms with van der Waals surface area (Å²) >= 11 is 0. The Hall–Kier alpha value is -0.440. The molecular formula is C14H30N4O2S2. The first kappa shape index (κ1) is 21.6. The summed E-state index contributed by atoms with van der Waals surface area (Å²) in [5.41, 5.74) is 11.8. The van der Waals surface area contributed by atoms with E-state index >= 15 is 0 Å². The Morgan fingerprint density at radius 2 is 1.05 bits per heavy atom. The molecule has 0 spiro atoms. The Kier molecular flexibility index (Phi) is 11.8. The van der Waals surface area contributed by atoms with E-state index in [0.717, 1.165) is 0 Å². The van der Waals surface area contributed by atoms with Gasteiger partial charge in [0.1, 0.15) is 0 Å². The molecule has 0 aliphatic rings. The summed E-state index contributed by atoms with van der Waals surface area (Å²) in [7, 11) is 2.99. The molecule has 4 N–H and O–H groups in total. The van der Waals surface area contributed by atoms with Crippen molar-refractivity contribution in [3.8, 4) is 0 Å². The van der Waals surface area contributed by atoms with Gasteiger partial charge in [0.2, 0.25) is 11.8 Å². The van der Waals surface area contributed by atoms with Crippen molar-refractivity contribution < 1.29 is 9.59 Å². The maximum Gasteiger partial charge on any atom is 0.240 e. The van der Waals surface area contributed by atoms with Crippen LogP contribution in [0.2, 0.25) is 0 Å². The Morgan fingerprint density at radius 1 is 0.773 bits per heavy atom. The first-order chi connectivity index (χ1) is 10.4. The van der Waals surface area contributed by atoms with Gasteiger partial charge in [0, 0.05) is 37.7 Å². The van der Waals surface area contributed by atoms with Gasteiger partial charge in [0.25, 0.3) is 0 Å². The molecule has 130 valence electrons. The molecule has 0 unspecified atom stereocenters. The van der Waals surface area contributed by atoms with Crippen molar-refractivity contribution in [2.24, 2.45) is 11.5 Å². The maximum absolute atomic E-state index is 12.0. The van der Waals surface area contributed by atoms with E-state index in [1.165, 1.54) is 21.6 Å². The fraction of sp³-hybridized carbons (Fsp3) is 0.857. The quantitative estimate of drug-likeness (QED) is 0.422. The van der Waals surface area contributed by atoms with Gasteiger partial charge in [0.05, 0.1) is 12.1 Å². The monoisotopic (exact) mass is 350 g/mol. The van der Waals surface area contributed by atoms with Gasteiger partial charge in [-0.05, 0) is 27.7 Å². The highest BCUT2D eigenvalue weighted by atomic mass is 33.1. The van der Waals surface area contributed by atoms with Crippen molar-refractivity contribution in [1.29, 1.82) is 0 Å². The standard InChI is InChI=1S/C14H30N4O2S2/c1-5-17(6-2)13(19)11(15)9-21-22-10-12(16)14(20)18(7-3)8-4/h11-12H,5-10,15-16H2,1-4H3/t11-,12-/m0/s1. The number of carbonyl (C=O) groups is 2. The fourth-order valence-electron chi connectivity index (χ4n) is 1.92. The Morgan fingerprint density at radius 3 is 1.27 bits per heavy atom. The van der Waals surface area contributed by atoms with Crippen molar-refractivity contribution >= 4 is 33.4 Å². The zero-order valence-electron chi connectivity index (χ0n) is 14.1. The first-order valence-electron chi connectivity index (χ1n) is 7.75. The average molecular weight is 351 g/mol. The molecule has 0 radical (unpaired) electrons. The smallest absolute Gasteiger partial charge is 0.240 e. The summed E-state index contributed by atoms with van der Waals surface area (Å²) in [5.74, 6) is 0.987. The molecule has 0 aromatic carbocycles. The second-order valence-electron chi connectivity index (χ2n) is 4.80. The zero-order chi connectivity index (χ0) is 17.1. The Bertz CT molecular complexity index is 305. The lowest BCUT2D eigenvalue weighted by molar-refractivity contribution is -0.132. The minimum absolute atomic E-state index is 0.0263. The molecule has 22 heavy (non-hydrogen) atoms. The lowest BCUT2D eigenvalue weighted by Crippen LogP contribution is -2.45. The van der Waals surface area contributed by atoms with Crippen molar-refractivity contribution in [2.75, 3.05) is 37.7 Å². The average Bonchev–Trinajstić information content (AvgIpc) is 2.53. The summed E-state index contributed by atoms with van der Waals surface area (Å²) in [5, 5.41) is 0. The molecule has 0 aliphatic carbocycles. The zero-order valence-corrected chi connectivity index (χ0v) is 15.7. The van der Waals surface area contributed by atoms with Gasteiger partial charge in [-0.1, -0.05) is 21.6 Å². The topological polar surface area (TPSA) is 92.7 Å². The van der Waals surface area contributed by atoms with Crippen molar-refractivity contribution in [3.63, 3.8) is 0 Å². The Balaban J connectivity index is 4.06. The molecule has 2 amide bonds. The number of nitrogens with zero attached hydrogens (tertiary/aromatic N) is 2. The first-order valence-corrected chi connectivity index (χ1v) is 10.2. The van der Waals surface area contributed by atoms with Crippen molar-refractivity contribution in [3.05, 3.63) is 0 Å². The van der Waals surface area contributed by atoms with Crippen LogP contribution in [-0.4, -0.2) is 71.4 Å². The second-order valence-corrected chi connectivity index (χ2v) is 7.36. The van der Waals surface area contributed by atoms with E-state index in [0.29, 0.717) is 37.7 Å². The van der Waals surface area contributed by atoms with Crippen molar-refractivity contribution in [1.82, 2.24) is 9.80 Å². The van der Waals surface area contributed by atoms with E-state index in [2.05, 4.69) is 0 Å². The molecule has 0 saturated heterocycles. The molecule has 0 fully saturated rings. The number of likely N-dealkylation sites (N-methyl/N-ethyl adjacent to an activating group) is 2. The summed E-state index contributed by atoms with van der Waals surface area (Å²) in [6, 6.07) is -1.01. The predicted octanol–water partition coefficient (Wildman–Crippen LogP) is 0.759. The van der Waals surface area contributed by atoms with E-state index in [1.807, 2.05) is 27.7 Å². The predicted molar refractivity (Wildman–Crippen MR) is 96.7 cm³/mol. The number of hydrogen-bond donors (Lipinski definition) is 2. The van der Waals surface area contributed by atoms with Gasteiger partial charge < -0.3 is 21.3 Å². The number of hydrogen-bond acceptors (Lipinski definition) is 6. The molecule has 0 saturated carbocycles. The highest BCUT2D eigenvalue weighted by Crippen LogP contribution is 2.23. The van der Waals surface area contributed by atoms with Gasteiger partial charge in [-0.15, -0.1) is 0 Å². The van der Waals surface area contributed by atoms with Crippen LogP contribution in [0.15, 0.2) is 0 Å². The molecule has 0 aromatic heterocycles. The molecule has 2 atom stereocenters. The molecular weight excluding hydrogens is 320 g/mol. The lowest BCUT2D eigenvalue weighted by atomic mass is 10.3. The molecule has 0 rings (SSSR count).